The van der Waals surface area contributed by atoms with Crippen molar-refractivity contribution in [3.05, 3.63) is 63.8 Å². The Morgan fingerprint density at radius 1 is 1.22 bits per heavy atom. The van der Waals surface area contributed by atoms with Gasteiger partial charge in [0.25, 0.3) is 5.56 Å². The number of nitrogens with one attached hydrogen (secondary N) is 2. The van der Waals surface area contributed by atoms with Gasteiger partial charge in [0.15, 0.2) is 0 Å². The van der Waals surface area contributed by atoms with E-state index in [1.165, 1.54) is 16.7 Å². The van der Waals surface area contributed by atoms with E-state index in [9.17, 15) is 13.2 Å². The number of benzene rings is 1. The van der Waals surface area contributed by atoms with E-state index in [1.807, 2.05) is 31.2 Å². The highest BCUT2D eigenvalue weighted by molar-refractivity contribution is 7.89. The number of aryl methyl sites for hydroxylation is 2. The fraction of sp³-hybridized carbons (Fsp3) is 0.200. The Hall–Kier alpha value is -2.45. The Morgan fingerprint density at radius 2 is 1.91 bits per heavy atom. The van der Waals surface area contributed by atoms with Crippen molar-refractivity contribution in [3.63, 3.8) is 0 Å². The zero-order chi connectivity index (χ0) is 16.6. The summed E-state index contributed by atoms with van der Waals surface area (Å²) in [7, 11) is -3.72. The van der Waals surface area contributed by atoms with Crippen LogP contribution in [0.25, 0.3) is 5.52 Å². The number of aromatic amines is 1. The molecule has 2 heterocycles. The smallest absolute Gasteiger partial charge is 0.288 e. The fourth-order valence-corrected chi connectivity index (χ4v) is 3.27. The third-order valence-corrected chi connectivity index (χ3v) is 4.96. The van der Waals surface area contributed by atoms with Gasteiger partial charge in [0.05, 0.1) is 0 Å². The van der Waals surface area contributed by atoms with Gasteiger partial charge in [-0.25, -0.2) is 18.2 Å². The number of hydrogen-bond donors (Lipinski definition) is 2. The molecular weight excluding hydrogens is 316 g/mol. The van der Waals surface area contributed by atoms with Gasteiger partial charge in [0.2, 0.25) is 10.0 Å². The second kappa shape index (κ2) is 5.64. The minimum Gasteiger partial charge on any atom is -0.298 e. The summed E-state index contributed by atoms with van der Waals surface area (Å²) in [5.74, 6) is 0.500. The van der Waals surface area contributed by atoms with E-state index in [4.69, 9.17) is 0 Å². The number of hydrogen-bond acceptors (Lipinski definition) is 4. The number of sulfonamides is 1. The minimum atomic E-state index is -3.72. The van der Waals surface area contributed by atoms with Crippen LogP contribution in [-0.2, 0) is 16.6 Å². The maximum absolute atomic E-state index is 12.4. The molecule has 0 saturated heterocycles. The molecule has 8 heteroatoms. The first-order valence-corrected chi connectivity index (χ1v) is 8.48. The number of aromatic nitrogens is 3. The SMILES string of the molecule is Cc1ccc(CNS(=O)(=O)c2cc3c(=O)[nH]nc(C)n3c2)cc1. The molecule has 23 heavy (non-hydrogen) atoms. The quantitative estimate of drug-likeness (QED) is 0.748. The zero-order valence-electron chi connectivity index (χ0n) is 12.7. The van der Waals surface area contributed by atoms with Crippen LogP contribution < -0.4 is 10.3 Å². The summed E-state index contributed by atoms with van der Waals surface area (Å²) in [6, 6.07) is 8.92. The van der Waals surface area contributed by atoms with Gasteiger partial charge in [0.1, 0.15) is 16.2 Å². The first kappa shape index (κ1) is 15.4. The normalized spacial score (nSPS) is 11.9. The van der Waals surface area contributed by atoms with Crippen LogP contribution in [0, 0.1) is 13.8 Å². The van der Waals surface area contributed by atoms with Crippen LogP contribution >= 0.6 is 0 Å². The van der Waals surface area contributed by atoms with E-state index in [0.29, 0.717) is 5.82 Å². The van der Waals surface area contributed by atoms with Crippen LogP contribution in [-0.4, -0.2) is 23.0 Å². The van der Waals surface area contributed by atoms with Crippen molar-refractivity contribution in [1.29, 1.82) is 0 Å². The van der Waals surface area contributed by atoms with Crippen LogP contribution in [0.2, 0.25) is 0 Å². The lowest BCUT2D eigenvalue weighted by Gasteiger charge is -2.05. The van der Waals surface area contributed by atoms with E-state index >= 15 is 0 Å². The monoisotopic (exact) mass is 332 g/mol. The predicted octanol–water partition coefficient (Wildman–Crippen LogP) is 1.12. The molecule has 2 N–H and O–H groups in total. The molecule has 0 aliphatic rings. The van der Waals surface area contributed by atoms with Crippen molar-refractivity contribution >= 4 is 15.5 Å². The van der Waals surface area contributed by atoms with Gasteiger partial charge in [-0.2, -0.15) is 5.10 Å². The summed E-state index contributed by atoms with van der Waals surface area (Å²) >= 11 is 0. The lowest BCUT2D eigenvalue weighted by Crippen LogP contribution is -2.22. The largest absolute Gasteiger partial charge is 0.298 e. The number of nitrogens with zero attached hydrogens (tertiary/aromatic N) is 2. The molecule has 0 fully saturated rings. The summed E-state index contributed by atoms with van der Waals surface area (Å²) in [4.78, 5) is 11.8. The molecule has 3 rings (SSSR count). The third-order valence-electron chi connectivity index (χ3n) is 3.59. The Balaban J connectivity index is 1.90. The van der Waals surface area contributed by atoms with Crippen molar-refractivity contribution in [2.75, 3.05) is 0 Å². The van der Waals surface area contributed by atoms with Crippen molar-refractivity contribution in [3.8, 4) is 0 Å². The molecule has 0 amide bonds. The van der Waals surface area contributed by atoms with Crippen LogP contribution in [0.4, 0.5) is 0 Å². The molecule has 3 aromatic rings. The highest BCUT2D eigenvalue weighted by Gasteiger charge is 2.18. The van der Waals surface area contributed by atoms with E-state index in [1.54, 1.807) is 6.92 Å². The Bertz CT molecular complexity index is 1020. The van der Waals surface area contributed by atoms with Crippen LogP contribution in [0.3, 0.4) is 0 Å². The Morgan fingerprint density at radius 3 is 2.57 bits per heavy atom. The summed E-state index contributed by atoms with van der Waals surface area (Å²) in [6.07, 6.45) is 1.39. The number of fused-ring (bicyclic) bond motifs is 1. The maximum Gasteiger partial charge on any atom is 0.288 e. The second-order valence-corrected chi connectivity index (χ2v) is 7.11. The summed E-state index contributed by atoms with van der Waals surface area (Å²) in [5.41, 5.74) is 1.78. The standard InChI is InChI=1S/C15H16N4O3S/c1-10-3-5-12(6-4-10)8-16-23(21,22)13-7-14-15(20)18-17-11(2)19(14)9-13/h3-7,9,16H,8H2,1-2H3,(H,18,20). The van der Waals surface area contributed by atoms with Gasteiger partial charge >= 0.3 is 0 Å². The fourth-order valence-electron chi connectivity index (χ4n) is 2.24. The molecule has 120 valence electrons. The van der Waals surface area contributed by atoms with Crippen LogP contribution in [0.5, 0.6) is 0 Å². The molecule has 7 nitrogen and oxygen atoms in total. The molecule has 0 bridgehead atoms. The first-order valence-electron chi connectivity index (χ1n) is 6.99. The molecular formula is C15H16N4O3S. The summed E-state index contributed by atoms with van der Waals surface area (Å²) in [6.45, 7) is 3.83. The lowest BCUT2D eigenvalue weighted by atomic mass is 10.2. The van der Waals surface area contributed by atoms with Crippen molar-refractivity contribution in [2.24, 2.45) is 0 Å². The molecule has 0 aliphatic carbocycles. The maximum atomic E-state index is 12.4. The molecule has 0 spiro atoms. The molecule has 1 aromatic carbocycles. The number of rotatable bonds is 4. The van der Waals surface area contributed by atoms with Crippen molar-refractivity contribution in [2.45, 2.75) is 25.3 Å². The van der Waals surface area contributed by atoms with Crippen LogP contribution in [0.15, 0.2) is 46.2 Å². The summed E-state index contributed by atoms with van der Waals surface area (Å²) in [5, 5.41) is 6.14. The highest BCUT2D eigenvalue weighted by atomic mass is 32.2. The second-order valence-electron chi connectivity index (χ2n) is 5.34. The van der Waals surface area contributed by atoms with E-state index in [2.05, 4.69) is 14.9 Å². The van der Waals surface area contributed by atoms with E-state index < -0.39 is 15.6 Å². The molecule has 0 saturated carbocycles. The van der Waals surface area contributed by atoms with Gasteiger partial charge in [-0.05, 0) is 25.5 Å². The van der Waals surface area contributed by atoms with Gasteiger partial charge in [-0.15, -0.1) is 0 Å². The third kappa shape index (κ3) is 3.03. The highest BCUT2D eigenvalue weighted by Crippen LogP contribution is 2.14. The Labute approximate surface area is 133 Å². The van der Waals surface area contributed by atoms with Gasteiger partial charge < -0.3 is 0 Å². The zero-order valence-corrected chi connectivity index (χ0v) is 13.5. The average Bonchev–Trinajstić information content (AvgIpc) is 2.98. The molecule has 0 aliphatic heterocycles. The number of H-pyrrole nitrogens is 1. The van der Waals surface area contributed by atoms with Gasteiger partial charge in [-0.1, -0.05) is 29.8 Å². The average molecular weight is 332 g/mol. The van der Waals surface area contributed by atoms with Gasteiger partial charge in [0, 0.05) is 12.7 Å². The molecule has 0 atom stereocenters. The predicted molar refractivity (Wildman–Crippen MR) is 85.8 cm³/mol. The van der Waals surface area contributed by atoms with E-state index in [0.717, 1.165) is 11.1 Å². The van der Waals surface area contributed by atoms with Crippen LogP contribution in [0.1, 0.15) is 17.0 Å². The Kier molecular flexibility index (Phi) is 3.78. The van der Waals surface area contributed by atoms with Gasteiger partial charge in [-0.3, -0.25) is 9.20 Å². The van der Waals surface area contributed by atoms with Crippen molar-refractivity contribution in [1.82, 2.24) is 19.3 Å². The topological polar surface area (TPSA) is 96.3 Å². The lowest BCUT2D eigenvalue weighted by molar-refractivity contribution is 0.581. The molecule has 2 aromatic heterocycles. The minimum absolute atomic E-state index is 0.0335. The summed E-state index contributed by atoms with van der Waals surface area (Å²) < 4.78 is 28.8. The first-order chi connectivity index (χ1) is 10.9. The van der Waals surface area contributed by atoms with Crippen molar-refractivity contribution < 1.29 is 8.42 Å². The molecule has 0 unspecified atom stereocenters. The molecule has 0 radical (unpaired) electrons. The van der Waals surface area contributed by atoms with E-state index in [-0.39, 0.29) is 17.0 Å².